The van der Waals surface area contributed by atoms with Gasteiger partial charge in [-0.25, -0.2) is 0 Å². The minimum atomic E-state index is -0.626. The number of para-hydroxylation sites is 1. The summed E-state index contributed by atoms with van der Waals surface area (Å²) in [6.45, 7) is 7.63. The van der Waals surface area contributed by atoms with Crippen molar-refractivity contribution in [2.45, 2.75) is 32.8 Å². The molecule has 1 aliphatic heterocycles. The molecule has 1 aliphatic rings. The molecule has 3 aromatic rings. The van der Waals surface area contributed by atoms with Gasteiger partial charge in [0.2, 0.25) is 0 Å². The van der Waals surface area contributed by atoms with E-state index < -0.39 is 6.10 Å². The average Bonchev–Trinajstić information content (AvgIpc) is 2.81. The molecule has 1 unspecified atom stereocenters. The Labute approximate surface area is 189 Å². The molecule has 2 N–H and O–H groups in total. The van der Waals surface area contributed by atoms with Crippen molar-refractivity contribution in [1.82, 2.24) is 9.88 Å². The summed E-state index contributed by atoms with van der Waals surface area (Å²) in [5, 5.41) is 15.3. The van der Waals surface area contributed by atoms with Gasteiger partial charge >= 0.3 is 0 Å². The Kier molecular flexibility index (Phi) is 7.15. The highest BCUT2D eigenvalue weighted by atomic mass is 16.5. The molecule has 4 rings (SSSR count). The Balaban J connectivity index is 1.75. The van der Waals surface area contributed by atoms with Gasteiger partial charge in [-0.2, -0.15) is 0 Å². The third-order valence-electron chi connectivity index (χ3n) is 5.99. The third-order valence-corrected chi connectivity index (χ3v) is 5.99. The van der Waals surface area contributed by atoms with Gasteiger partial charge in [0.15, 0.2) is 5.78 Å². The lowest BCUT2D eigenvalue weighted by atomic mass is 9.99. The second-order valence-corrected chi connectivity index (χ2v) is 8.37. The van der Waals surface area contributed by atoms with E-state index >= 15 is 0 Å². The predicted octanol–water partition coefficient (Wildman–Crippen LogP) is 4.64. The van der Waals surface area contributed by atoms with Crippen LogP contribution in [0.4, 0.5) is 11.4 Å². The van der Waals surface area contributed by atoms with Crippen LogP contribution in [0, 0.1) is 6.92 Å². The van der Waals surface area contributed by atoms with Crippen LogP contribution in [0.25, 0.3) is 10.9 Å². The highest BCUT2D eigenvalue weighted by Crippen LogP contribution is 2.33. The molecule has 0 aliphatic carbocycles. The standard InChI is InChI=1S/C26H31N3O3/c1-3-6-24(30)21-16-27-23-10-9-19(25(31)17-29-11-13-32-14-12-29)15-20(23)26(21)28-22-8-5-4-7-18(22)2/h4-5,7-10,15-16,25,31H,3,6,11-14,17H2,1-2H3,(H,27,28). The van der Waals surface area contributed by atoms with Crippen LogP contribution < -0.4 is 5.32 Å². The topological polar surface area (TPSA) is 74.7 Å². The van der Waals surface area contributed by atoms with Crippen molar-refractivity contribution < 1.29 is 14.6 Å². The number of hydrogen-bond donors (Lipinski definition) is 2. The number of β-amino-alcohol motifs (C(OH)–C–C–N with tert-alkyl or cyclic N) is 1. The molecule has 0 amide bonds. The van der Waals surface area contributed by atoms with E-state index in [-0.39, 0.29) is 5.78 Å². The van der Waals surface area contributed by atoms with E-state index in [4.69, 9.17) is 4.74 Å². The number of carbonyl (C=O) groups excluding carboxylic acids is 1. The fourth-order valence-corrected chi connectivity index (χ4v) is 4.11. The molecule has 32 heavy (non-hydrogen) atoms. The number of benzene rings is 2. The van der Waals surface area contributed by atoms with Crippen LogP contribution in [0.5, 0.6) is 0 Å². The molecule has 168 valence electrons. The highest BCUT2D eigenvalue weighted by molar-refractivity contribution is 6.09. The maximum atomic E-state index is 12.9. The van der Waals surface area contributed by atoms with E-state index in [1.54, 1.807) is 6.20 Å². The lowest BCUT2D eigenvalue weighted by molar-refractivity contribution is 0.0143. The molecule has 1 aromatic heterocycles. The summed E-state index contributed by atoms with van der Waals surface area (Å²) >= 11 is 0. The van der Waals surface area contributed by atoms with E-state index in [1.807, 2.05) is 56.3 Å². The van der Waals surface area contributed by atoms with Crippen molar-refractivity contribution in [3.63, 3.8) is 0 Å². The van der Waals surface area contributed by atoms with Crippen LogP contribution in [-0.2, 0) is 4.74 Å². The summed E-state index contributed by atoms with van der Waals surface area (Å²) in [5.74, 6) is 0.0669. The number of aliphatic hydroxyl groups excluding tert-OH is 1. The van der Waals surface area contributed by atoms with Gasteiger partial charge in [0.25, 0.3) is 0 Å². The van der Waals surface area contributed by atoms with Gasteiger partial charge in [-0.15, -0.1) is 0 Å². The highest BCUT2D eigenvalue weighted by Gasteiger charge is 2.20. The number of pyridine rings is 1. The van der Waals surface area contributed by atoms with Gasteiger partial charge in [-0.1, -0.05) is 31.2 Å². The molecule has 0 bridgehead atoms. The number of hydrogen-bond acceptors (Lipinski definition) is 6. The number of aromatic nitrogens is 1. The normalized spacial score (nSPS) is 15.6. The fraction of sp³-hybridized carbons (Fsp3) is 0.385. The average molecular weight is 434 g/mol. The number of carbonyl (C=O) groups is 1. The van der Waals surface area contributed by atoms with Crippen LogP contribution in [0.3, 0.4) is 0 Å². The molecule has 1 saturated heterocycles. The van der Waals surface area contributed by atoms with Gasteiger partial charge in [0.05, 0.1) is 36.1 Å². The summed E-state index contributed by atoms with van der Waals surface area (Å²) in [6, 6.07) is 13.8. The first-order valence-corrected chi connectivity index (χ1v) is 11.3. The molecule has 0 spiro atoms. The van der Waals surface area contributed by atoms with Crippen LogP contribution in [0.2, 0.25) is 0 Å². The summed E-state index contributed by atoms with van der Waals surface area (Å²) in [7, 11) is 0. The van der Waals surface area contributed by atoms with Crippen LogP contribution in [-0.4, -0.2) is 53.6 Å². The quantitative estimate of drug-likeness (QED) is 0.505. The Morgan fingerprint density at radius 2 is 2.00 bits per heavy atom. The lowest BCUT2D eigenvalue weighted by Crippen LogP contribution is -2.38. The minimum absolute atomic E-state index is 0.0669. The van der Waals surface area contributed by atoms with Crippen molar-refractivity contribution in [3.8, 4) is 0 Å². The van der Waals surface area contributed by atoms with Gasteiger partial charge < -0.3 is 15.2 Å². The SMILES string of the molecule is CCCC(=O)c1cnc2ccc(C(O)CN3CCOCC3)cc2c1Nc1ccccc1C. The Morgan fingerprint density at radius 3 is 2.75 bits per heavy atom. The minimum Gasteiger partial charge on any atom is -0.387 e. The monoisotopic (exact) mass is 433 g/mol. The molecule has 2 heterocycles. The largest absolute Gasteiger partial charge is 0.387 e. The van der Waals surface area contributed by atoms with E-state index in [1.165, 1.54) is 0 Å². The number of anilines is 2. The van der Waals surface area contributed by atoms with Crippen molar-refractivity contribution in [1.29, 1.82) is 0 Å². The maximum absolute atomic E-state index is 12.9. The fourth-order valence-electron chi connectivity index (χ4n) is 4.11. The zero-order chi connectivity index (χ0) is 22.5. The smallest absolute Gasteiger partial charge is 0.166 e. The van der Waals surface area contributed by atoms with E-state index in [0.717, 1.165) is 52.9 Å². The summed E-state index contributed by atoms with van der Waals surface area (Å²) < 4.78 is 5.41. The zero-order valence-electron chi connectivity index (χ0n) is 18.8. The van der Waals surface area contributed by atoms with Crippen molar-refractivity contribution in [2.24, 2.45) is 0 Å². The number of nitrogens with zero attached hydrogens (tertiary/aromatic N) is 2. The molecule has 2 aromatic carbocycles. The second kappa shape index (κ2) is 10.2. The summed E-state index contributed by atoms with van der Waals surface area (Å²) in [4.78, 5) is 19.7. The summed E-state index contributed by atoms with van der Waals surface area (Å²) in [5.41, 5.74) is 4.99. The molecule has 6 heteroatoms. The number of morpholine rings is 1. The van der Waals surface area contributed by atoms with Crippen LogP contribution >= 0.6 is 0 Å². The van der Waals surface area contributed by atoms with Crippen LogP contribution in [0.15, 0.2) is 48.7 Å². The Bertz CT molecular complexity index is 1090. The van der Waals surface area contributed by atoms with Crippen molar-refractivity contribution in [3.05, 3.63) is 65.4 Å². The Hall–Kier alpha value is -2.80. The van der Waals surface area contributed by atoms with Crippen molar-refractivity contribution >= 4 is 28.1 Å². The van der Waals surface area contributed by atoms with Gasteiger partial charge in [0, 0.05) is 43.3 Å². The van der Waals surface area contributed by atoms with E-state index in [0.29, 0.717) is 31.7 Å². The number of fused-ring (bicyclic) bond motifs is 1. The molecular formula is C26H31N3O3. The molecule has 0 saturated carbocycles. The number of aliphatic hydroxyl groups is 1. The molecule has 0 radical (unpaired) electrons. The third kappa shape index (κ3) is 4.99. The second-order valence-electron chi connectivity index (χ2n) is 8.37. The first kappa shape index (κ1) is 22.4. The van der Waals surface area contributed by atoms with E-state index in [9.17, 15) is 9.90 Å². The first-order chi connectivity index (χ1) is 15.6. The Morgan fingerprint density at radius 1 is 1.22 bits per heavy atom. The number of Topliss-reactive ketones (excluding diaryl/α,β-unsaturated/α-hetero) is 1. The zero-order valence-corrected chi connectivity index (χ0v) is 18.8. The number of nitrogens with one attached hydrogen (secondary N) is 1. The molecule has 1 atom stereocenters. The van der Waals surface area contributed by atoms with Crippen LogP contribution in [0.1, 0.15) is 47.4 Å². The van der Waals surface area contributed by atoms with Gasteiger partial charge in [0.1, 0.15) is 0 Å². The van der Waals surface area contributed by atoms with Crippen molar-refractivity contribution in [2.75, 3.05) is 38.2 Å². The predicted molar refractivity (Wildman–Crippen MR) is 128 cm³/mol. The molecule has 6 nitrogen and oxygen atoms in total. The maximum Gasteiger partial charge on any atom is 0.166 e. The van der Waals surface area contributed by atoms with E-state index in [2.05, 4.69) is 15.2 Å². The molecular weight excluding hydrogens is 402 g/mol. The van der Waals surface area contributed by atoms with Gasteiger partial charge in [-0.05, 0) is 42.7 Å². The molecule has 1 fully saturated rings. The number of rotatable bonds is 8. The van der Waals surface area contributed by atoms with Gasteiger partial charge in [-0.3, -0.25) is 14.7 Å². The number of ether oxygens (including phenoxy) is 1. The lowest BCUT2D eigenvalue weighted by Gasteiger charge is -2.28. The number of aryl methyl sites for hydroxylation is 1. The number of ketones is 1. The first-order valence-electron chi connectivity index (χ1n) is 11.3. The summed E-state index contributed by atoms with van der Waals surface area (Å²) in [6.07, 6.45) is 2.29.